The molecule has 0 saturated heterocycles. The summed E-state index contributed by atoms with van der Waals surface area (Å²) in [6.07, 6.45) is 1.60. The summed E-state index contributed by atoms with van der Waals surface area (Å²) >= 11 is 11.9. The second-order valence-corrected chi connectivity index (χ2v) is 4.27. The normalized spacial score (nSPS) is 10.2. The number of nitrogens with zero attached hydrogens (tertiary/aromatic N) is 1. The van der Waals surface area contributed by atoms with E-state index in [1.165, 1.54) is 0 Å². The van der Waals surface area contributed by atoms with Gasteiger partial charge in [0.1, 0.15) is 0 Å². The van der Waals surface area contributed by atoms with Gasteiger partial charge in [-0.3, -0.25) is 0 Å². The smallest absolute Gasteiger partial charge is 0.153 e. The van der Waals surface area contributed by atoms with Gasteiger partial charge in [0.05, 0.1) is 11.4 Å². The minimum Gasteiger partial charge on any atom is -0.395 e. The fourth-order valence-electron chi connectivity index (χ4n) is 1.43. The summed E-state index contributed by atoms with van der Waals surface area (Å²) in [5.74, 6) is 0. The molecule has 2 aromatic rings. The average molecular weight is 268 g/mol. The van der Waals surface area contributed by atoms with Crippen LogP contribution in [0.4, 0.5) is 11.4 Å². The van der Waals surface area contributed by atoms with Crippen molar-refractivity contribution in [1.82, 2.24) is 4.98 Å². The molecule has 0 aliphatic rings. The van der Waals surface area contributed by atoms with Crippen LogP contribution in [-0.4, -0.2) is 4.98 Å². The third-order valence-corrected chi connectivity index (χ3v) is 3.04. The molecule has 0 bridgehead atoms. The van der Waals surface area contributed by atoms with Crippen LogP contribution in [0, 0.1) is 0 Å². The van der Waals surface area contributed by atoms with E-state index < -0.39 is 0 Å². The first-order valence-electron chi connectivity index (χ1n) is 5.05. The van der Waals surface area contributed by atoms with E-state index >= 15 is 0 Å². The van der Waals surface area contributed by atoms with Gasteiger partial charge in [0.15, 0.2) is 5.15 Å². The number of nitrogens with two attached hydrogens (primary N) is 1. The van der Waals surface area contributed by atoms with Crippen LogP contribution in [0.2, 0.25) is 10.2 Å². The highest BCUT2D eigenvalue weighted by Crippen LogP contribution is 2.25. The largest absolute Gasteiger partial charge is 0.395 e. The van der Waals surface area contributed by atoms with Crippen molar-refractivity contribution >= 4 is 34.6 Å². The van der Waals surface area contributed by atoms with Crippen LogP contribution in [0.3, 0.4) is 0 Å². The first-order valence-corrected chi connectivity index (χ1v) is 5.81. The van der Waals surface area contributed by atoms with Crippen molar-refractivity contribution in [3.05, 3.63) is 52.3 Å². The van der Waals surface area contributed by atoms with Crippen LogP contribution in [0.25, 0.3) is 0 Å². The van der Waals surface area contributed by atoms with Crippen molar-refractivity contribution in [2.75, 3.05) is 11.1 Å². The number of nitrogen functional groups attached to an aromatic ring is 1. The summed E-state index contributed by atoms with van der Waals surface area (Å²) in [4.78, 5) is 3.89. The van der Waals surface area contributed by atoms with Crippen LogP contribution in [0.5, 0.6) is 0 Å². The Bertz CT molecular complexity index is 529. The first kappa shape index (κ1) is 12.0. The van der Waals surface area contributed by atoms with Gasteiger partial charge in [0, 0.05) is 17.8 Å². The van der Waals surface area contributed by atoms with Gasteiger partial charge in [0.2, 0.25) is 0 Å². The maximum atomic E-state index is 6.05. The summed E-state index contributed by atoms with van der Waals surface area (Å²) in [6.45, 7) is 0.588. The molecule has 1 aromatic heterocycles. The van der Waals surface area contributed by atoms with Gasteiger partial charge in [-0.15, -0.1) is 0 Å². The Balaban J connectivity index is 2.13. The number of hydrogen-bond acceptors (Lipinski definition) is 3. The molecule has 0 spiro atoms. The highest BCUT2D eigenvalue weighted by atomic mass is 35.5. The lowest BCUT2D eigenvalue weighted by Crippen LogP contribution is -2.03. The number of halogens is 2. The van der Waals surface area contributed by atoms with Gasteiger partial charge in [0.25, 0.3) is 0 Å². The quantitative estimate of drug-likeness (QED) is 0.836. The highest BCUT2D eigenvalue weighted by Gasteiger charge is 2.04. The molecule has 3 N–H and O–H groups in total. The van der Waals surface area contributed by atoms with Gasteiger partial charge in [-0.1, -0.05) is 41.4 Å². The van der Waals surface area contributed by atoms with Crippen molar-refractivity contribution in [2.24, 2.45) is 0 Å². The zero-order chi connectivity index (χ0) is 12.3. The molecule has 0 radical (unpaired) electrons. The van der Waals surface area contributed by atoms with Gasteiger partial charge >= 0.3 is 0 Å². The zero-order valence-electron chi connectivity index (χ0n) is 8.95. The summed E-state index contributed by atoms with van der Waals surface area (Å²) in [7, 11) is 0. The molecule has 88 valence electrons. The molecule has 17 heavy (non-hydrogen) atoms. The van der Waals surface area contributed by atoms with Gasteiger partial charge < -0.3 is 11.1 Å². The summed E-state index contributed by atoms with van der Waals surface area (Å²) < 4.78 is 0. The van der Waals surface area contributed by atoms with E-state index in [4.69, 9.17) is 28.9 Å². The maximum absolute atomic E-state index is 6.05. The number of aromatic nitrogens is 1. The molecule has 0 unspecified atom stereocenters. The first-order chi connectivity index (χ1) is 8.18. The lowest BCUT2D eigenvalue weighted by atomic mass is 10.2. The predicted molar refractivity (Wildman–Crippen MR) is 72.4 cm³/mol. The lowest BCUT2D eigenvalue weighted by Gasteiger charge is -2.10. The Morgan fingerprint density at radius 1 is 1.18 bits per heavy atom. The predicted octanol–water partition coefficient (Wildman–Crippen LogP) is 3.58. The molecule has 0 aliphatic heterocycles. The van der Waals surface area contributed by atoms with E-state index in [2.05, 4.69) is 10.3 Å². The Morgan fingerprint density at radius 3 is 2.71 bits per heavy atom. The molecule has 0 atom stereocenters. The Kier molecular flexibility index (Phi) is 3.71. The topological polar surface area (TPSA) is 50.9 Å². The molecule has 0 amide bonds. The molecule has 3 nitrogen and oxygen atoms in total. The molecular weight excluding hydrogens is 257 g/mol. The van der Waals surface area contributed by atoms with E-state index in [0.717, 1.165) is 16.3 Å². The Hall–Kier alpha value is -1.45. The molecular formula is C12H11Cl2N3. The van der Waals surface area contributed by atoms with Crippen molar-refractivity contribution in [3.63, 3.8) is 0 Å². The monoisotopic (exact) mass is 267 g/mol. The lowest BCUT2D eigenvalue weighted by molar-refractivity contribution is 1.14. The molecule has 5 heteroatoms. The van der Waals surface area contributed by atoms with Crippen molar-refractivity contribution in [1.29, 1.82) is 0 Å². The molecule has 0 fully saturated rings. The van der Waals surface area contributed by atoms with Crippen molar-refractivity contribution < 1.29 is 0 Å². The second kappa shape index (κ2) is 5.25. The van der Waals surface area contributed by atoms with Crippen LogP contribution in [0.1, 0.15) is 5.56 Å². The van der Waals surface area contributed by atoms with Crippen LogP contribution < -0.4 is 11.1 Å². The van der Waals surface area contributed by atoms with Crippen LogP contribution >= 0.6 is 23.2 Å². The standard InChI is InChI=1S/C12H11Cl2N3/c13-9-4-2-1-3-8(9)7-17-10-5-6-16-12(14)11(10)15/h1-6H,7,15H2,(H,16,17). The van der Waals surface area contributed by atoms with Crippen molar-refractivity contribution in [2.45, 2.75) is 6.54 Å². The third kappa shape index (κ3) is 2.81. The van der Waals surface area contributed by atoms with Crippen LogP contribution in [-0.2, 0) is 6.54 Å². The molecule has 0 aliphatic carbocycles. The maximum Gasteiger partial charge on any atom is 0.153 e. The summed E-state index contributed by atoms with van der Waals surface area (Å²) in [5.41, 5.74) is 8.00. The third-order valence-electron chi connectivity index (χ3n) is 2.37. The molecule has 0 saturated carbocycles. The second-order valence-electron chi connectivity index (χ2n) is 3.51. The number of hydrogen-bond donors (Lipinski definition) is 2. The Labute approximate surface area is 110 Å². The fourth-order valence-corrected chi connectivity index (χ4v) is 1.79. The minimum atomic E-state index is 0.300. The number of anilines is 2. The fraction of sp³-hybridized carbons (Fsp3) is 0.0833. The SMILES string of the molecule is Nc1c(NCc2ccccc2Cl)ccnc1Cl. The zero-order valence-corrected chi connectivity index (χ0v) is 10.5. The number of benzene rings is 1. The molecule has 1 aromatic carbocycles. The number of nitrogens with one attached hydrogen (secondary N) is 1. The minimum absolute atomic E-state index is 0.300. The molecule has 2 rings (SSSR count). The van der Waals surface area contributed by atoms with Gasteiger partial charge in [-0.2, -0.15) is 0 Å². The number of pyridine rings is 1. The van der Waals surface area contributed by atoms with E-state index in [1.807, 2.05) is 24.3 Å². The highest BCUT2D eigenvalue weighted by molar-refractivity contribution is 6.32. The van der Waals surface area contributed by atoms with Crippen molar-refractivity contribution in [3.8, 4) is 0 Å². The van der Waals surface area contributed by atoms with Crippen LogP contribution in [0.15, 0.2) is 36.5 Å². The average Bonchev–Trinajstić information content (AvgIpc) is 2.33. The van der Waals surface area contributed by atoms with Gasteiger partial charge in [-0.05, 0) is 17.7 Å². The molecule has 1 heterocycles. The van der Waals surface area contributed by atoms with E-state index in [0.29, 0.717) is 17.4 Å². The van der Waals surface area contributed by atoms with E-state index in [1.54, 1.807) is 12.3 Å². The summed E-state index contributed by atoms with van der Waals surface area (Å²) in [6, 6.07) is 9.41. The van der Waals surface area contributed by atoms with E-state index in [-0.39, 0.29) is 0 Å². The number of rotatable bonds is 3. The van der Waals surface area contributed by atoms with E-state index in [9.17, 15) is 0 Å². The summed E-state index contributed by atoms with van der Waals surface area (Å²) in [5, 5.41) is 4.20. The Morgan fingerprint density at radius 2 is 1.94 bits per heavy atom. The van der Waals surface area contributed by atoms with Gasteiger partial charge in [-0.25, -0.2) is 4.98 Å².